The zero-order chi connectivity index (χ0) is 14.8. The van der Waals surface area contributed by atoms with Gasteiger partial charge in [-0.15, -0.1) is 0 Å². The minimum Gasteiger partial charge on any atom is -0.481 e. The second-order valence-corrected chi connectivity index (χ2v) is 5.69. The summed E-state index contributed by atoms with van der Waals surface area (Å²) in [5.41, 5.74) is 0.409. The van der Waals surface area contributed by atoms with E-state index in [1.807, 2.05) is 4.90 Å². The second-order valence-electron chi connectivity index (χ2n) is 5.69. The standard InChI is InChI=1S/C14H20N4O3/c19-13(20)4-7-18-6-3-12(15-18)14(21)17-9-8-16-5-1-2-11(16)10-17/h3,6,11H,1-2,4-5,7-10H2,(H,19,20). The van der Waals surface area contributed by atoms with Crippen LogP contribution >= 0.6 is 0 Å². The SMILES string of the molecule is O=C(O)CCn1ccc(C(=O)N2CCN3CCCC3C2)n1. The van der Waals surface area contributed by atoms with Crippen molar-refractivity contribution in [2.24, 2.45) is 0 Å². The number of amides is 1. The quantitative estimate of drug-likeness (QED) is 0.862. The summed E-state index contributed by atoms with van der Waals surface area (Å²) in [7, 11) is 0. The number of carboxylic acids is 1. The van der Waals surface area contributed by atoms with Crippen LogP contribution < -0.4 is 0 Å². The van der Waals surface area contributed by atoms with Crippen molar-refractivity contribution in [3.05, 3.63) is 18.0 Å². The van der Waals surface area contributed by atoms with E-state index >= 15 is 0 Å². The second kappa shape index (κ2) is 5.85. The largest absolute Gasteiger partial charge is 0.481 e. The first-order valence-electron chi connectivity index (χ1n) is 7.42. The summed E-state index contributed by atoms with van der Waals surface area (Å²) < 4.78 is 1.52. The van der Waals surface area contributed by atoms with E-state index < -0.39 is 5.97 Å². The predicted molar refractivity (Wildman–Crippen MR) is 75.0 cm³/mol. The Bertz CT molecular complexity index is 542. The molecule has 1 aromatic rings. The van der Waals surface area contributed by atoms with Gasteiger partial charge in [-0.25, -0.2) is 0 Å². The molecule has 1 atom stereocenters. The average Bonchev–Trinajstić information content (AvgIpc) is 3.12. The van der Waals surface area contributed by atoms with Crippen LogP contribution in [-0.2, 0) is 11.3 Å². The van der Waals surface area contributed by atoms with E-state index in [1.165, 1.54) is 11.1 Å². The lowest BCUT2D eigenvalue weighted by Gasteiger charge is -2.37. The summed E-state index contributed by atoms with van der Waals surface area (Å²) in [6, 6.07) is 2.17. The lowest BCUT2D eigenvalue weighted by atomic mass is 10.1. The summed E-state index contributed by atoms with van der Waals surface area (Å²) in [4.78, 5) is 27.3. The lowest BCUT2D eigenvalue weighted by Crippen LogP contribution is -2.52. The molecule has 2 aliphatic heterocycles. The zero-order valence-electron chi connectivity index (χ0n) is 11.9. The molecule has 21 heavy (non-hydrogen) atoms. The van der Waals surface area contributed by atoms with Crippen LogP contribution in [0.5, 0.6) is 0 Å². The number of aromatic nitrogens is 2. The van der Waals surface area contributed by atoms with Crippen molar-refractivity contribution < 1.29 is 14.7 Å². The van der Waals surface area contributed by atoms with Crippen LogP contribution in [0.15, 0.2) is 12.3 Å². The van der Waals surface area contributed by atoms with Crippen LogP contribution in [0, 0.1) is 0 Å². The number of aryl methyl sites for hydroxylation is 1. The van der Waals surface area contributed by atoms with Gasteiger partial charge in [-0.1, -0.05) is 0 Å². The van der Waals surface area contributed by atoms with E-state index in [4.69, 9.17) is 5.11 Å². The van der Waals surface area contributed by atoms with E-state index in [0.29, 0.717) is 18.3 Å². The van der Waals surface area contributed by atoms with Crippen LogP contribution in [0.2, 0.25) is 0 Å². The number of carbonyl (C=O) groups excluding carboxylic acids is 1. The van der Waals surface area contributed by atoms with Gasteiger partial charge in [0.1, 0.15) is 5.69 Å². The van der Waals surface area contributed by atoms with Crippen LogP contribution in [0.4, 0.5) is 0 Å². The third-order valence-corrected chi connectivity index (χ3v) is 4.29. The van der Waals surface area contributed by atoms with E-state index in [2.05, 4.69) is 10.00 Å². The Morgan fingerprint density at radius 2 is 2.19 bits per heavy atom. The van der Waals surface area contributed by atoms with Crippen molar-refractivity contribution in [2.75, 3.05) is 26.2 Å². The molecule has 0 aromatic carbocycles. The van der Waals surface area contributed by atoms with E-state index in [-0.39, 0.29) is 12.3 Å². The third kappa shape index (κ3) is 3.07. The van der Waals surface area contributed by atoms with Gasteiger partial charge in [-0.05, 0) is 25.5 Å². The number of hydrogen-bond donors (Lipinski definition) is 1. The van der Waals surface area contributed by atoms with Gasteiger partial charge in [-0.2, -0.15) is 5.10 Å². The number of rotatable bonds is 4. The first kappa shape index (κ1) is 14.1. The highest BCUT2D eigenvalue weighted by Crippen LogP contribution is 2.22. The van der Waals surface area contributed by atoms with E-state index in [0.717, 1.165) is 32.6 Å². The fourth-order valence-electron chi connectivity index (χ4n) is 3.15. The highest BCUT2D eigenvalue weighted by atomic mass is 16.4. The fourth-order valence-corrected chi connectivity index (χ4v) is 3.15. The van der Waals surface area contributed by atoms with Crippen LogP contribution in [0.25, 0.3) is 0 Å². The molecule has 0 saturated carbocycles. The highest BCUT2D eigenvalue weighted by molar-refractivity contribution is 5.92. The molecular formula is C14H20N4O3. The molecule has 1 amide bonds. The molecule has 0 bridgehead atoms. The van der Waals surface area contributed by atoms with Gasteiger partial charge in [0.2, 0.25) is 0 Å². The minimum absolute atomic E-state index is 0.00998. The summed E-state index contributed by atoms with van der Waals surface area (Å²) >= 11 is 0. The molecule has 7 heteroatoms. The minimum atomic E-state index is -0.865. The first-order valence-corrected chi connectivity index (χ1v) is 7.42. The van der Waals surface area contributed by atoms with Gasteiger partial charge in [0.25, 0.3) is 5.91 Å². The Balaban J connectivity index is 1.61. The van der Waals surface area contributed by atoms with Crippen molar-refractivity contribution in [3.8, 4) is 0 Å². The lowest BCUT2D eigenvalue weighted by molar-refractivity contribution is -0.137. The fraction of sp³-hybridized carbons (Fsp3) is 0.643. The summed E-state index contributed by atoms with van der Waals surface area (Å²) in [5, 5.41) is 12.9. The van der Waals surface area contributed by atoms with Gasteiger partial charge in [-0.3, -0.25) is 19.2 Å². The van der Waals surface area contributed by atoms with Crippen molar-refractivity contribution in [3.63, 3.8) is 0 Å². The smallest absolute Gasteiger partial charge is 0.305 e. The number of piperazine rings is 1. The summed E-state index contributed by atoms with van der Waals surface area (Å²) in [6.45, 7) is 3.91. The van der Waals surface area contributed by atoms with E-state index in [1.54, 1.807) is 12.3 Å². The van der Waals surface area contributed by atoms with Gasteiger partial charge in [0.15, 0.2) is 0 Å². The summed E-state index contributed by atoms with van der Waals surface area (Å²) in [6.07, 6.45) is 4.06. The molecule has 3 rings (SSSR count). The number of carboxylic acid groups (broad SMARTS) is 1. The molecule has 2 aliphatic rings. The predicted octanol–water partition coefficient (Wildman–Crippen LogP) is 0.278. The maximum Gasteiger partial charge on any atom is 0.305 e. The molecule has 7 nitrogen and oxygen atoms in total. The normalized spacial score (nSPS) is 22.3. The van der Waals surface area contributed by atoms with Crippen LogP contribution in [0.1, 0.15) is 29.8 Å². The van der Waals surface area contributed by atoms with Crippen LogP contribution in [0.3, 0.4) is 0 Å². The average molecular weight is 292 g/mol. The molecule has 114 valence electrons. The van der Waals surface area contributed by atoms with Gasteiger partial charge >= 0.3 is 5.97 Å². The van der Waals surface area contributed by atoms with Crippen molar-refractivity contribution in [1.82, 2.24) is 19.6 Å². The maximum absolute atomic E-state index is 12.5. The third-order valence-electron chi connectivity index (χ3n) is 4.29. The monoisotopic (exact) mass is 292 g/mol. The Hall–Kier alpha value is -1.89. The Morgan fingerprint density at radius 1 is 1.33 bits per heavy atom. The highest BCUT2D eigenvalue weighted by Gasteiger charge is 2.33. The van der Waals surface area contributed by atoms with Crippen LogP contribution in [-0.4, -0.2) is 68.8 Å². The molecular weight excluding hydrogens is 272 g/mol. The molecule has 0 aliphatic carbocycles. The number of hydrogen-bond acceptors (Lipinski definition) is 4. The molecule has 1 unspecified atom stereocenters. The number of fused-ring (bicyclic) bond motifs is 1. The zero-order valence-corrected chi connectivity index (χ0v) is 11.9. The van der Waals surface area contributed by atoms with Crippen molar-refractivity contribution in [1.29, 1.82) is 0 Å². The Kier molecular flexibility index (Phi) is 3.92. The molecule has 0 radical (unpaired) electrons. The van der Waals surface area contributed by atoms with Crippen molar-refractivity contribution in [2.45, 2.75) is 31.8 Å². The topological polar surface area (TPSA) is 78.7 Å². The van der Waals surface area contributed by atoms with Gasteiger partial charge < -0.3 is 10.0 Å². The van der Waals surface area contributed by atoms with E-state index in [9.17, 15) is 9.59 Å². The first-order chi connectivity index (χ1) is 10.1. The maximum atomic E-state index is 12.5. The molecule has 3 heterocycles. The molecule has 2 saturated heterocycles. The van der Waals surface area contributed by atoms with Gasteiger partial charge in [0, 0.05) is 31.9 Å². The Labute approximate surface area is 123 Å². The van der Waals surface area contributed by atoms with Gasteiger partial charge in [0.05, 0.1) is 13.0 Å². The molecule has 1 aromatic heterocycles. The number of aliphatic carboxylic acids is 1. The molecule has 1 N–H and O–H groups in total. The number of nitrogens with zero attached hydrogens (tertiary/aromatic N) is 4. The van der Waals surface area contributed by atoms with Crippen molar-refractivity contribution >= 4 is 11.9 Å². The number of carbonyl (C=O) groups is 2. The molecule has 0 spiro atoms. The summed E-state index contributed by atoms with van der Waals surface area (Å²) in [5.74, 6) is -0.911. The molecule has 2 fully saturated rings. The Morgan fingerprint density at radius 3 is 3.00 bits per heavy atom.